The van der Waals surface area contributed by atoms with Gasteiger partial charge in [0.05, 0.1) is 0 Å². The van der Waals surface area contributed by atoms with Gasteiger partial charge in [-0.15, -0.1) is 5.54 Å². The smallest absolute Gasteiger partial charge is 0.207 e. The fourth-order valence-electron chi connectivity index (χ4n) is 4.09. The number of nitrogens with one attached hydrogen (secondary N) is 1. The van der Waals surface area contributed by atoms with Crippen LogP contribution in [0.4, 0.5) is 13.2 Å². The van der Waals surface area contributed by atoms with Gasteiger partial charge in [0.2, 0.25) is 0 Å². The maximum Gasteiger partial charge on any atom is 0.511 e. The van der Waals surface area contributed by atoms with Crippen molar-refractivity contribution in [2.45, 2.75) is 76.5 Å². The average molecular weight is 482 g/mol. The van der Waals surface area contributed by atoms with Crippen LogP contribution in [0.5, 0.6) is 0 Å². The number of rotatable bonds is 8. The van der Waals surface area contributed by atoms with Crippen LogP contribution < -0.4 is 4.72 Å². The first-order valence-electron chi connectivity index (χ1n) is 10.0. The van der Waals surface area contributed by atoms with E-state index >= 15 is 0 Å². The summed E-state index contributed by atoms with van der Waals surface area (Å²) in [5.74, 6) is 3.33. The van der Waals surface area contributed by atoms with Crippen LogP contribution in [0.1, 0.15) is 59.1 Å². The number of hydrogen-bond donors (Lipinski definition) is 1. The molecule has 0 aliphatic heterocycles. The molecule has 1 rings (SSSR count). The lowest BCUT2D eigenvalue weighted by Gasteiger charge is -2.38. The molecule has 1 N–H and O–H groups in total. The van der Waals surface area contributed by atoms with Crippen molar-refractivity contribution in [3.8, 4) is 11.5 Å². The first-order chi connectivity index (χ1) is 13.7. The van der Waals surface area contributed by atoms with Crippen LogP contribution in [0.2, 0.25) is 21.6 Å². The summed E-state index contributed by atoms with van der Waals surface area (Å²) >= 11 is 6.33. The van der Waals surface area contributed by atoms with Crippen LogP contribution in [-0.2, 0) is 16.4 Å². The predicted molar refractivity (Wildman–Crippen MR) is 121 cm³/mol. The molecule has 1 aromatic carbocycles. The minimum atomic E-state index is -5.34. The molecule has 0 fully saturated rings. The Bertz CT molecular complexity index is 866. The SMILES string of the molecule is CC(C)[Si](C#Cc1cccc(Cl)c1CCCNS(=O)(=O)C(F)(F)F)(C(C)C)C(C)C. The molecule has 0 aromatic heterocycles. The molecule has 0 aliphatic rings. The second-order valence-corrected chi connectivity index (χ2v) is 16.1. The third-order valence-corrected chi connectivity index (χ3v) is 13.4. The van der Waals surface area contributed by atoms with Crippen molar-refractivity contribution in [2.24, 2.45) is 0 Å². The van der Waals surface area contributed by atoms with Gasteiger partial charge in [0, 0.05) is 17.1 Å². The Morgan fingerprint density at radius 1 is 1.07 bits per heavy atom. The van der Waals surface area contributed by atoms with E-state index in [9.17, 15) is 21.6 Å². The summed E-state index contributed by atoms with van der Waals surface area (Å²) < 4.78 is 61.1. The zero-order chi connectivity index (χ0) is 23.3. The van der Waals surface area contributed by atoms with Gasteiger partial charge >= 0.3 is 15.5 Å². The average Bonchev–Trinajstić information content (AvgIpc) is 2.58. The molecule has 30 heavy (non-hydrogen) atoms. The number of sulfonamides is 1. The molecule has 0 bridgehead atoms. The molecule has 170 valence electrons. The summed E-state index contributed by atoms with van der Waals surface area (Å²) in [4.78, 5) is 0. The van der Waals surface area contributed by atoms with Crippen molar-refractivity contribution in [1.29, 1.82) is 0 Å². The Labute approximate surface area is 184 Å². The molecule has 0 spiro atoms. The van der Waals surface area contributed by atoms with Crippen molar-refractivity contribution in [3.63, 3.8) is 0 Å². The molecule has 0 saturated carbocycles. The third kappa shape index (κ3) is 6.25. The molecule has 0 atom stereocenters. The highest BCUT2D eigenvalue weighted by Gasteiger charge is 2.45. The van der Waals surface area contributed by atoms with Gasteiger partial charge < -0.3 is 0 Å². The largest absolute Gasteiger partial charge is 0.511 e. The first kappa shape index (κ1) is 27.0. The molecular formula is C21H31ClF3NO2SSi. The van der Waals surface area contributed by atoms with Crippen molar-refractivity contribution in [2.75, 3.05) is 6.54 Å². The molecule has 0 saturated heterocycles. The highest BCUT2D eigenvalue weighted by Crippen LogP contribution is 2.41. The summed E-state index contributed by atoms with van der Waals surface area (Å²) in [6.45, 7) is 13.0. The van der Waals surface area contributed by atoms with Crippen molar-refractivity contribution in [1.82, 2.24) is 4.72 Å². The minimum absolute atomic E-state index is 0.175. The van der Waals surface area contributed by atoms with Gasteiger partial charge in [-0.3, -0.25) is 0 Å². The lowest BCUT2D eigenvalue weighted by molar-refractivity contribution is -0.0447. The number of alkyl halides is 3. The third-order valence-electron chi connectivity index (χ3n) is 5.60. The lowest BCUT2D eigenvalue weighted by Crippen LogP contribution is -2.43. The Morgan fingerprint density at radius 3 is 2.07 bits per heavy atom. The van der Waals surface area contributed by atoms with Crippen molar-refractivity contribution >= 4 is 29.7 Å². The molecular weight excluding hydrogens is 451 g/mol. The lowest BCUT2D eigenvalue weighted by atomic mass is 10.0. The van der Waals surface area contributed by atoms with Crippen LogP contribution in [0.3, 0.4) is 0 Å². The van der Waals surface area contributed by atoms with Gasteiger partial charge in [-0.05, 0) is 47.2 Å². The van der Waals surface area contributed by atoms with Gasteiger partial charge in [0.25, 0.3) is 0 Å². The zero-order valence-corrected chi connectivity index (χ0v) is 20.9. The molecule has 0 aliphatic carbocycles. The van der Waals surface area contributed by atoms with Crippen LogP contribution in [0.25, 0.3) is 0 Å². The van der Waals surface area contributed by atoms with Crippen molar-refractivity contribution in [3.05, 3.63) is 34.3 Å². The minimum Gasteiger partial charge on any atom is -0.207 e. The predicted octanol–water partition coefficient (Wildman–Crippen LogP) is 6.28. The maximum absolute atomic E-state index is 12.4. The van der Waals surface area contributed by atoms with Gasteiger partial charge in [-0.2, -0.15) is 13.2 Å². The monoisotopic (exact) mass is 481 g/mol. The van der Waals surface area contributed by atoms with Crippen LogP contribution in [0, 0.1) is 11.5 Å². The molecule has 9 heteroatoms. The summed E-state index contributed by atoms with van der Waals surface area (Å²) in [7, 11) is -7.29. The van der Waals surface area contributed by atoms with Crippen LogP contribution in [-0.4, -0.2) is 28.5 Å². The first-order valence-corrected chi connectivity index (χ1v) is 14.1. The fraction of sp³-hybridized carbons (Fsp3) is 0.619. The van der Waals surface area contributed by atoms with E-state index in [0.29, 0.717) is 28.1 Å². The second kappa shape index (κ2) is 10.5. The molecule has 0 radical (unpaired) electrons. The molecule has 0 heterocycles. The summed E-state index contributed by atoms with van der Waals surface area (Å²) in [6, 6.07) is 5.36. The van der Waals surface area contributed by atoms with E-state index in [1.807, 2.05) is 6.07 Å². The standard InChI is InChI=1S/C21H31ClF3NO2SSi/c1-15(2)30(16(3)4,17(5)6)14-12-18-9-7-11-20(22)19(18)10-8-13-26-29(27,28)21(23,24)25/h7,9,11,15-17,26H,8,10,13H2,1-6H3. The highest BCUT2D eigenvalue weighted by molar-refractivity contribution is 7.90. The topological polar surface area (TPSA) is 46.2 Å². The van der Waals surface area contributed by atoms with Crippen LogP contribution >= 0.6 is 11.6 Å². The summed E-state index contributed by atoms with van der Waals surface area (Å²) in [5.41, 5.74) is 1.18. The quantitative estimate of drug-likeness (QED) is 0.270. The van der Waals surface area contributed by atoms with E-state index in [0.717, 1.165) is 11.1 Å². The number of halogens is 4. The van der Waals surface area contributed by atoms with E-state index in [-0.39, 0.29) is 13.0 Å². The van der Waals surface area contributed by atoms with Crippen molar-refractivity contribution < 1.29 is 21.6 Å². The number of benzene rings is 1. The normalized spacial score (nSPS) is 13.1. The molecule has 0 unspecified atom stereocenters. The van der Waals surface area contributed by atoms with E-state index in [4.69, 9.17) is 11.6 Å². The maximum atomic E-state index is 12.4. The Kier molecular flexibility index (Phi) is 9.49. The zero-order valence-electron chi connectivity index (χ0n) is 18.3. The molecule has 3 nitrogen and oxygen atoms in total. The van der Waals surface area contributed by atoms with E-state index < -0.39 is 23.6 Å². The van der Waals surface area contributed by atoms with Gasteiger partial charge in [0.1, 0.15) is 8.07 Å². The van der Waals surface area contributed by atoms with E-state index in [1.165, 1.54) is 0 Å². The summed E-state index contributed by atoms with van der Waals surface area (Å²) in [5, 5.41) is 0.478. The fourth-order valence-corrected chi connectivity index (χ4v) is 10.2. The number of hydrogen-bond acceptors (Lipinski definition) is 2. The van der Waals surface area contributed by atoms with Crippen LogP contribution in [0.15, 0.2) is 18.2 Å². The summed E-state index contributed by atoms with van der Waals surface area (Å²) in [6.07, 6.45) is 0.499. The van der Waals surface area contributed by atoms with Gasteiger partial charge in [-0.25, -0.2) is 13.1 Å². The van der Waals surface area contributed by atoms with Gasteiger partial charge in [0.15, 0.2) is 0 Å². The van der Waals surface area contributed by atoms with Gasteiger partial charge in [-0.1, -0.05) is 65.1 Å². The molecule has 0 amide bonds. The van der Waals surface area contributed by atoms with E-state index in [1.54, 1.807) is 16.9 Å². The van der Waals surface area contributed by atoms with E-state index in [2.05, 4.69) is 53.0 Å². The Balaban J connectivity index is 3.13. The Hall–Kier alpha value is -1.01. The molecule has 1 aromatic rings. The second-order valence-electron chi connectivity index (χ2n) is 8.36. The highest BCUT2D eigenvalue weighted by atomic mass is 35.5. The Morgan fingerprint density at radius 2 is 1.60 bits per heavy atom.